The number of hydrogen-bond acceptors (Lipinski definition) is 4. The number of hydrogen-bond donors (Lipinski definition) is 2. The maximum absolute atomic E-state index is 12.0. The van der Waals surface area contributed by atoms with Crippen LogP contribution in [-0.4, -0.2) is 56.1 Å². The van der Waals surface area contributed by atoms with Crippen LogP contribution in [0.2, 0.25) is 0 Å². The van der Waals surface area contributed by atoms with E-state index in [4.69, 9.17) is 0 Å². The maximum Gasteiger partial charge on any atom is 0.321 e. The van der Waals surface area contributed by atoms with Gasteiger partial charge in [0, 0.05) is 38.4 Å². The number of imide groups is 1. The van der Waals surface area contributed by atoms with E-state index in [2.05, 4.69) is 52.5 Å². The molecule has 0 bridgehead atoms. The number of carbonyl (C=O) groups excluding carboxylic acids is 2. The first-order chi connectivity index (χ1) is 11.9. The van der Waals surface area contributed by atoms with E-state index >= 15 is 0 Å². The van der Waals surface area contributed by atoms with E-state index in [-0.39, 0.29) is 12.5 Å². The van der Waals surface area contributed by atoms with E-state index in [9.17, 15) is 9.59 Å². The van der Waals surface area contributed by atoms with Gasteiger partial charge in [0.15, 0.2) is 0 Å². The molecule has 2 N–H and O–H groups in total. The minimum atomic E-state index is -0.410. The van der Waals surface area contributed by atoms with Crippen LogP contribution >= 0.6 is 0 Å². The van der Waals surface area contributed by atoms with Crippen molar-refractivity contribution in [2.24, 2.45) is 5.92 Å². The van der Waals surface area contributed by atoms with Gasteiger partial charge in [0.25, 0.3) is 0 Å². The molecule has 1 aromatic carbocycles. The number of aryl methyl sites for hydroxylation is 1. The van der Waals surface area contributed by atoms with Gasteiger partial charge in [-0.25, -0.2) is 4.79 Å². The third kappa shape index (κ3) is 5.74. The van der Waals surface area contributed by atoms with Crippen molar-refractivity contribution >= 4 is 17.6 Å². The SMILES string of the molecule is Cc1cccc(N2CCN(CC(=O)NC(=O)NCC(C)C)CC2)c1C. The van der Waals surface area contributed by atoms with E-state index in [0.717, 1.165) is 26.2 Å². The second-order valence-electron chi connectivity index (χ2n) is 7.13. The fraction of sp³-hybridized carbons (Fsp3) is 0.579. The van der Waals surface area contributed by atoms with Crippen LogP contribution in [0, 0.1) is 19.8 Å². The molecule has 1 aliphatic rings. The van der Waals surface area contributed by atoms with Gasteiger partial charge in [-0.3, -0.25) is 15.0 Å². The first-order valence-corrected chi connectivity index (χ1v) is 8.98. The van der Waals surface area contributed by atoms with Crippen LogP contribution < -0.4 is 15.5 Å². The number of amides is 3. The lowest BCUT2D eigenvalue weighted by Gasteiger charge is -2.36. The molecule has 138 valence electrons. The van der Waals surface area contributed by atoms with Crippen molar-refractivity contribution in [3.63, 3.8) is 0 Å². The summed E-state index contributed by atoms with van der Waals surface area (Å²) in [5.74, 6) is 0.112. The van der Waals surface area contributed by atoms with Gasteiger partial charge in [0.05, 0.1) is 6.54 Å². The summed E-state index contributed by atoms with van der Waals surface area (Å²) < 4.78 is 0. The van der Waals surface area contributed by atoms with E-state index in [0.29, 0.717) is 12.5 Å². The molecule has 6 nitrogen and oxygen atoms in total. The Bertz CT molecular complexity index is 607. The first-order valence-electron chi connectivity index (χ1n) is 8.98. The molecule has 25 heavy (non-hydrogen) atoms. The summed E-state index contributed by atoms with van der Waals surface area (Å²) in [7, 11) is 0. The van der Waals surface area contributed by atoms with Gasteiger partial charge >= 0.3 is 6.03 Å². The Balaban J connectivity index is 1.77. The highest BCUT2D eigenvalue weighted by Gasteiger charge is 2.21. The number of anilines is 1. The minimum absolute atomic E-state index is 0.249. The van der Waals surface area contributed by atoms with Crippen LogP contribution in [0.3, 0.4) is 0 Å². The number of carbonyl (C=O) groups is 2. The topological polar surface area (TPSA) is 64.7 Å². The van der Waals surface area contributed by atoms with Crippen LogP contribution in [0.4, 0.5) is 10.5 Å². The predicted molar refractivity (Wildman–Crippen MR) is 101 cm³/mol. The number of rotatable bonds is 5. The lowest BCUT2D eigenvalue weighted by Crippen LogP contribution is -2.51. The van der Waals surface area contributed by atoms with Gasteiger partial charge in [-0.05, 0) is 37.0 Å². The summed E-state index contributed by atoms with van der Waals surface area (Å²) in [6.45, 7) is 12.5. The van der Waals surface area contributed by atoms with Gasteiger partial charge in [0.2, 0.25) is 5.91 Å². The van der Waals surface area contributed by atoms with Gasteiger partial charge in [-0.15, -0.1) is 0 Å². The van der Waals surface area contributed by atoms with Crippen molar-refractivity contribution in [2.45, 2.75) is 27.7 Å². The average Bonchev–Trinajstić information content (AvgIpc) is 2.56. The van der Waals surface area contributed by atoms with Gasteiger partial charge in [0.1, 0.15) is 0 Å². The van der Waals surface area contributed by atoms with Crippen LogP contribution in [0.1, 0.15) is 25.0 Å². The summed E-state index contributed by atoms with van der Waals surface area (Å²) in [5, 5.41) is 5.09. The minimum Gasteiger partial charge on any atom is -0.369 e. The molecule has 2 rings (SSSR count). The summed E-state index contributed by atoms with van der Waals surface area (Å²) in [4.78, 5) is 28.1. The Morgan fingerprint density at radius 3 is 2.44 bits per heavy atom. The molecule has 0 aromatic heterocycles. The number of urea groups is 1. The largest absolute Gasteiger partial charge is 0.369 e. The second kappa shape index (κ2) is 8.85. The van der Waals surface area contributed by atoms with Crippen molar-refractivity contribution in [3.8, 4) is 0 Å². The molecule has 0 saturated carbocycles. The molecule has 1 aromatic rings. The number of nitrogens with zero attached hydrogens (tertiary/aromatic N) is 2. The van der Waals surface area contributed by atoms with Crippen LogP contribution in [-0.2, 0) is 4.79 Å². The molecular weight excluding hydrogens is 316 g/mol. The molecule has 0 unspecified atom stereocenters. The summed E-state index contributed by atoms with van der Waals surface area (Å²) in [5.41, 5.74) is 3.89. The third-order valence-electron chi connectivity index (χ3n) is 4.58. The van der Waals surface area contributed by atoms with Gasteiger partial charge < -0.3 is 10.2 Å². The normalized spacial score (nSPS) is 15.3. The highest BCUT2D eigenvalue weighted by atomic mass is 16.2. The van der Waals surface area contributed by atoms with E-state index < -0.39 is 6.03 Å². The Hall–Kier alpha value is -2.08. The maximum atomic E-state index is 12.0. The fourth-order valence-corrected chi connectivity index (χ4v) is 2.94. The zero-order chi connectivity index (χ0) is 18.4. The summed E-state index contributed by atoms with van der Waals surface area (Å²) in [6.07, 6.45) is 0. The van der Waals surface area contributed by atoms with Crippen molar-refractivity contribution in [1.82, 2.24) is 15.5 Å². The average molecular weight is 346 g/mol. The number of nitrogens with one attached hydrogen (secondary N) is 2. The van der Waals surface area contributed by atoms with Crippen LogP contribution in [0.25, 0.3) is 0 Å². The molecule has 1 heterocycles. The molecule has 0 spiro atoms. The van der Waals surface area contributed by atoms with Crippen molar-refractivity contribution in [1.29, 1.82) is 0 Å². The lowest BCUT2D eigenvalue weighted by atomic mass is 10.1. The Morgan fingerprint density at radius 2 is 1.80 bits per heavy atom. The van der Waals surface area contributed by atoms with Gasteiger partial charge in [-0.2, -0.15) is 0 Å². The zero-order valence-electron chi connectivity index (χ0n) is 15.8. The summed E-state index contributed by atoms with van der Waals surface area (Å²) in [6, 6.07) is 5.97. The second-order valence-corrected chi connectivity index (χ2v) is 7.13. The van der Waals surface area contributed by atoms with Crippen molar-refractivity contribution < 1.29 is 9.59 Å². The Labute approximate surface area is 150 Å². The van der Waals surface area contributed by atoms with Crippen LogP contribution in [0.5, 0.6) is 0 Å². The predicted octanol–water partition coefficient (Wildman–Crippen LogP) is 1.91. The van der Waals surface area contributed by atoms with E-state index in [1.54, 1.807) is 0 Å². The van der Waals surface area contributed by atoms with E-state index in [1.165, 1.54) is 16.8 Å². The van der Waals surface area contributed by atoms with E-state index in [1.807, 2.05) is 13.8 Å². The molecule has 0 aliphatic carbocycles. The number of piperazine rings is 1. The Kier molecular flexibility index (Phi) is 6.82. The number of benzene rings is 1. The molecule has 1 aliphatic heterocycles. The first kappa shape index (κ1) is 19.2. The smallest absolute Gasteiger partial charge is 0.321 e. The molecule has 3 amide bonds. The standard InChI is InChI=1S/C19H30N4O2/c1-14(2)12-20-19(25)21-18(24)13-22-8-10-23(11-9-22)17-7-5-6-15(3)16(17)4/h5-7,14H,8-13H2,1-4H3,(H2,20,21,24,25). The fourth-order valence-electron chi connectivity index (χ4n) is 2.94. The molecule has 1 saturated heterocycles. The Morgan fingerprint density at radius 1 is 1.12 bits per heavy atom. The van der Waals surface area contributed by atoms with Crippen molar-refractivity contribution in [2.75, 3.05) is 44.2 Å². The zero-order valence-corrected chi connectivity index (χ0v) is 15.8. The highest BCUT2D eigenvalue weighted by Crippen LogP contribution is 2.23. The molecule has 1 fully saturated rings. The monoisotopic (exact) mass is 346 g/mol. The third-order valence-corrected chi connectivity index (χ3v) is 4.58. The van der Waals surface area contributed by atoms with Crippen LogP contribution in [0.15, 0.2) is 18.2 Å². The molecular formula is C19H30N4O2. The van der Waals surface area contributed by atoms with Gasteiger partial charge in [-0.1, -0.05) is 26.0 Å². The molecule has 6 heteroatoms. The van der Waals surface area contributed by atoms with Crippen molar-refractivity contribution in [3.05, 3.63) is 29.3 Å². The highest BCUT2D eigenvalue weighted by molar-refractivity contribution is 5.95. The summed E-state index contributed by atoms with van der Waals surface area (Å²) >= 11 is 0. The lowest BCUT2D eigenvalue weighted by molar-refractivity contribution is -0.121. The molecule has 0 radical (unpaired) electrons. The quantitative estimate of drug-likeness (QED) is 0.855. The molecule has 0 atom stereocenters.